The van der Waals surface area contributed by atoms with Gasteiger partial charge in [-0.15, -0.1) is 0 Å². The van der Waals surface area contributed by atoms with Crippen molar-refractivity contribution in [3.05, 3.63) is 29.6 Å². The number of hydrogen-bond donors (Lipinski definition) is 0. The Hall–Kier alpha value is -0.650. The van der Waals surface area contributed by atoms with Crippen molar-refractivity contribution in [2.45, 2.75) is 25.3 Å². The van der Waals surface area contributed by atoms with Crippen molar-refractivity contribution < 1.29 is 12.8 Å². The summed E-state index contributed by atoms with van der Waals surface area (Å²) < 4.78 is 35.6. The van der Waals surface area contributed by atoms with Gasteiger partial charge in [0.1, 0.15) is 5.82 Å². The molecule has 0 aliphatic heterocycles. The molecule has 1 aromatic rings. The fourth-order valence-electron chi connectivity index (χ4n) is 1.56. The molecule has 0 heterocycles. The lowest BCUT2D eigenvalue weighted by Gasteiger charge is -2.18. The molecular formula is C11H15ClFNO2S. The van der Waals surface area contributed by atoms with Crippen LogP contribution in [0.3, 0.4) is 0 Å². The fourth-order valence-corrected chi connectivity index (χ4v) is 2.37. The van der Waals surface area contributed by atoms with Crippen molar-refractivity contribution in [3.8, 4) is 0 Å². The van der Waals surface area contributed by atoms with Gasteiger partial charge in [0.05, 0.1) is 4.90 Å². The summed E-state index contributed by atoms with van der Waals surface area (Å²) in [6.07, 6.45) is 0. The maximum atomic E-state index is 13.3. The zero-order valence-electron chi connectivity index (χ0n) is 9.78. The molecule has 0 N–H and O–H groups in total. The highest BCUT2D eigenvalue weighted by Gasteiger charge is 2.13. The third kappa shape index (κ3) is 4.26. The van der Waals surface area contributed by atoms with E-state index < -0.39 is 14.9 Å². The molecule has 1 aromatic carbocycles. The first kappa shape index (κ1) is 14.4. The van der Waals surface area contributed by atoms with Crippen molar-refractivity contribution in [1.82, 2.24) is 4.90 Å². The van der Waals surface area contributed by atoms with Gasteiger partial charge in [0.25, 0.3) is 9.05 Å². The van der Waals surface area contributed by atoms with E-state index in [0.717, 1.165) is 19.2 Å². The van der Waals surface area contributed by atoms with E-state index in [9.17, 15) is 12.8 Å². The molecular weight excluding hydrogens is 265 g/mol. The first-order chi connectivity index (χ1) is 7.86. The molecule has 17 heavy (non-hydrogen) atoms. The van der Waals surface area contributed by atoms with E-state index in [2.05, 4.69) is 4.90 Å². The summed E-state index contributed by atoms with van der Waals surface area (Å²) in [5.41, 5.74) is 0.605. The highest BCUT2D eigenvalue weighted by Crippen LogP contribution is 2.19. The third-order valence-corrected chi connectivity index (χ3v) is 3.85. The molecule has 0 aromatic heterocycles. The number of halogens is 2. The van der Waals surface area contributed by atoms with E-state index in [0.29, 0.717) is 12.1 Å². The number of nitrogens with zero attached hydrogens (tertiary/aromatic N) is 1. The molecule has 0 bridgehead atoms. The first-order valence-electron chi connectivity index (χ1n) is 5.33. The van der Waals surface area contributed by atoms with Gasteiger partial charge in [-0.25, -0.2) is 12.8 Å². The van der Waals surface area contributed by atoms with Crippen molar-refractivity contribution >= 4 is 19.7 Å². The standard InChI is InChI=1S/C11H15ClFNO2S/c1-3-14(4-2)8-9-5-10(13)7-11(6-9)17(12,15)16/h5-7H,3-4,8H2,1-2H3. The summed E-state index contributed by atoms with van der Waals surface area (Å²) in [5, 5.41) is 0. The highest BCUT2D eigenvalue weighted by molar-refractivity contribution is 8.13. The molecule has 6 heteroatoms. The van der Waals surface area contributed by atoms with Crippen LogP contribution in [0, 0.1) is 5.82 Å². The molecule has 0 fully saturated rings. The number of benzene rings is 1. The number of rotatable bonds is 5. The van der Waals surface area contributed by atoms with E-state index in [1.165, 1.54) is 12.1 Å². The molecule has 0 saturated heterocycles. The van der Waals surface area contributed by atoms with Crippen LogP contribution < -0.4 is 0 Å². The summed E-state index contributed by atoms with van der Waals surface area (Å²) in [6.45, 7) is 6.11. The third-order valence-electron chi connectivity index (χ3n) is 2.51. The molecule has 0 spiro atoms. The van der Waals surface area contributed by atoms with Crippen LogP contribution in [0.4, 0.5) is 4.39 Å². The maximum Gasteiger partial charge on any atom is 0.261 e. The molecule has 0 unspecified atom stereocenters. The Labute approximate surface area is 106 Å². The van der Waals surface area contributed by atoms with Gasteiger partial charge >= 0.3 is 0 Å². The SMILES string of the molecule is CCN(CC)Cc1cc(F)cc(S(=O)(=O)Cl)c1. The summed E-state index contributed by atoms with van der Waals surface area (Å²) in [7, 11) is 1.32. The minimum Gasteiger partial charge on any atom is -0.300 e. The van der Waals surface area contributed by atoms with Gasteiger partial charge in [0.15, 0.2) is 0 Å². The van der Waals surface area contributed by atoms with Crippen molar-refractivity contribution in [2.24, 2.45) is 0 Å². The predicted molar refractivity (Wildman–Crippen MR) is 66.1 cm³/mol. The minimum absolute atomic E-state index is 0.193. The lowest BCUT2D eigenvalue weighted by molar-refractivity contribution is 0.295. The van der Waals surface area contributed by atoms with Crippen LogP contribution in [0.5, 0.6) is 0 Å². The molecule has 3 nitrogen and oxygen atoms in total. The topological polar surface area (TPSA) is 37.4 Å². The van der Waals surface area contributed by atoms with Crippen molar-refractivity contribution in [3.63, 3.8) is 0 Å². The molecule has 0 radical (unpaired) electrons. The fraction of sp³-hybridized carbons (Fsp3) is 0.455. The first-order valence-corrected chi connectivity index (χ1v) is 7.64. The van der Waals surface area contributed by atoms with Gasteiger partial charge in [0, 0.05) is 17.2 Å². The van der Waals surface area contributed by atoms with Crippen LogP contribution in [-0.2, 0) is 15.6 Å². The minimum atomic E-state index is -3.88. The average molecular weight is 280 g/mol. The molecule has 0 atom stereocenters. The van der Waals surface area contributed by atoms with Gasteiger partial charge in [-0.3, -0.25) is 4.90 Å². The van der Waals surface area contributed by atoms with Gasteiger partial charge < -0.3 is 0 Å². The van der Waals surface area contributed by atoms with Gasteiger partial charge in [-0.1, -0.05) is 13.8 Å². The van der Waals surface area contributed by atoms with Crippen LogP contribution >= 0.6 is 10.7 Å². The smallest absolute Gasteiger partial charge is 0.261 e. The second-order valence-electron chi connectivity index (χ2n) is 3.69. The average Bonchev–Trinajstić information content (AvgIpc) is 2.24. The van der Waals surface area contributed by atoms with E-state index in [4.69, 9.17) is 10.7 Å². The highest BCUT2D eigenvalue weighted by atomic mass is 35.7. The van der Waals surface area contributed by atoms with Gasteiger partial charge in [-0.05, 0) is 36.9 Å². The van der Waals surface area contributed by atoms with Crippen LogP contribution in [-0.4, -0.2) is 26.4 Å². The Kier molecular flexibility index (Phi) is 4.91. The monoisotopic (exact) mass is 279 g/mol. The molecule has 0 saturated carbocycles. The summed E-state index contributed by atoms with van der Waals surface area (Å²) in [5.74, 6) is -0.589. The van der Waals surface area contributed by atoms with E-state index >= 15 is 0 Å². The quantitative estimate of drug-likeness (QED) is 0.778. The zero-order chi connectivity index (χ0) is 13.1. The summed E-state index contributed by atoms with van der Waals surface area (Å²) in [4.78, 5) is 1.86. The Morgan fingerprint density at radius 2 is 1.82 bits per heavy atom. The Morgan fingerprint density at radius 3 is 2.29 bits per heavy atom. The van der Waals surface area contributed by atoms with Gasteiger partial charge in [-0.2, -0.15) is 0 Å². The molecule has 1 rings (SSSR count). The van der Waals surface area contributed by atoms with Crippen molar-refractivity contribution in [1.29, 1.82) is 0 Å². The largest absolute Gasteiger partial charge is 0.300 e. The van der Waals surface area contributed by atoms with Crippen LogP contribution in [0.1, 0.15) is 19.4 Å². The van der Waals surface area contributed by atoms with E-state index in [1.54, 1.807) is 0 Å². The molecule has 0 amide bonds. The van der Waals surface area contributed by atoms with Crippen LogP contribution in [0.15, 0.2) is 23.1 Å². The molecule has 96 valence electrons. The summed E-state index contributed by atoms with van der Waals surface area (Å²) in [6, 6.07) is 3.65. The molecule has 0 aliphatic rings. The van der Waals surface area contributed by atoms with E-state index in [1.807, 2.05) is 13.8 Å². The summed E-state index contributed by atoms with van der Waals surface area (Å²) >= 11 is 0. The maximum absolute atomic E-state index is 13.3. The second-order valence-corrected chi connectivity index (χ2v) is 6.26. The Morgan fingerprint density at radius 1 is 1.24 bits per heavy atom. The lowest BCUT2D eigenvalue weighted by Crippen LogP contribution is -2.22. The zero-order valence-corrected chi connectivity index (χ0v) is 11.4. The second kappa shape index (κ2) is 5.80. The lowest BCUT2D eigenvalue weighted by atomic mass is 10.2. The van der Waals surface area contributed by atoms with Gasteiger partial charge in [0.2, 0.25) is 0 Å². The van der Waals surface area contributed by atoms with E-state index in [-0.39, 0.29) is 4.90 Å². The predicted octanol–water partition coefficient (Wildman–Crippen LogP) is 2.60. The molecule has 0 aliphatic carbocycles. The Balaban J connectivity index is 3.06. The van der Waals surface area contributed by atoms with Crippen LogP contribution in [0.2, 0.25) is 0 Å². The Bertz CT molecular complexity index is 486. The number of hydrogen-bond acceptors (Lipinski definition) is 3. The van der Waals surface area contributed by atoms with Crippen LogP contribution in [0.25, 0.3) is 0 Å². The normalized spacial score (nSPS) is 12.1. The van der Waals surface area contributed by atoms with Crippen molar-refractivity contribution in [2.75, 3.05) is 13.1 Å².